The van der Waals surface area contributed by atoms with Crippen LogP contribution in [0.25, 0.3) is 0 Å². The normalized spacial score (nSPS) is 21.5. The van der Waals surface area contributed by atoms with Crippen LogP contribution in [0.1, 0.15) is 36.8 Å². The Balaban J connectivity index is 1.79. The maximum Gasteiger partial charge on any atom is 0.00702 e. The highest BCUT2D eigenvalue weighted by Crippen LogP contribution is 2.13. The molecule has 0 spiro atoms. The lowest BCUT2D eigenvalue weighted by molar-refractivity contribution is 0.383. The molecular formula is C14H21N. The van der Waals surface area contributed by atoms with Gasteiger partial charge in [-0.1, -0.05) is 36.2 Å². The first kappa shape index (κ1) is 10.7. The number of piperidine rings is 1. The van der Waals surface area contributed by atoms with E-state index in [4.69, 9.17) is 0 Å². The maximum atomic E-state index is 3.60. The van der Waals surface area contributed by atoms with Crippen LogP contribution in [0.15, 0.2) is 24.3 Å². The van der Waals surface area contributed by atoms with E-state index < -0.39 is 0 Å². The molecular weight excluding hydrogens is 182 g/mol. The van der Waals surface area contributed by atoms with Crippen LogP contribution >= 0.6 is 0 Å². The first-order chi connectivity index (χ1) is 7.34. The second-order valence-electron chi connectivity index (χ2n) is 4.67. The number of rotatable bonds is 3. The van der Waals surface area contributed by atoms with Gasteiger partial charge < -0.3 is 5.32 Å². The third kappa shape index (κ3) is 3.35. The van der Waals surface area contributed by atoms with E-state index in [0.717, 1.165) is 6.04 Å². The molecule has 1 heteroatoms. The van der Waals surface area contributed by atoms with Gasteiger partial charge in [0.25, 0.3) is 0 Å². The summed E-state index contributed by atoms with van der Waals surface area (Å²) in [6.45, 7) is 3.37. The molecule has 1 aromatic carbocycles. The van der Waals surface area contributed by atoms with Gasteiger partial charge in [-0.2, -0.15) is 0 Å². The zero-order valence-electron chi connectivity index (χ0n) is 9.63. The van der Waals surface area contributed by atoms with E-state index in [2.05, 4.69) is 36.5 Å². The molecule has 1 heterocycles. The standard InChI is InChI=1S/C14H21N/c1-12-5-7-13(8-6-12)9-10-14-4-2-3-11-15-14/h5-8,14-15H,2-4,9-11H2,1H3/t14-/m1/s1. The maximum absolute atomic E-state index is 3.60. The summed E-state index contributed by atoms with van der Waals surface area (Å²) < 4.78 is 0. The molecule has 0 amide bonds. The minimum absolute atomic E-state index is 0.764. The molecule has 1 aromatic rings. The second-order valence-corrected chi connectivity index (χ2v) is 4.67. The minimum Gasteiger partial charge on any atom is -0.314 e. The minimum atomic E-state index is 0.764. The van der Waals surface area contributed by atoms with E-state index in [9.17, 15) is 0 Å². The molecule has 2 rings (SSSR count). The van der Waals surface area contributed by atoms with Crippen LogP contribution in [0.3, 0.4) is 0 Å². The first-order valence-electron chi connectivity index (χ1n) is 6.13. The van der Waals surface area contributed by atoms with E-state index in [-0.39, 0.29) is 0 Å². The summed E-state index contributed by atoms with van der Waals surface area (Å²) in [5.41, 5.74) is 2.84. The van der Waals surface area contributed by atoms with Crippen LogP contribution in [-0.2, 0) is 6.42 Å². The highest BCUT2D eigenvalue weighted by atomic mass is 14.9. The van der Waals surface area contributed by atoms with E-state index in [0.29, 0.717) is 0 Å². The van der Waals surface area contributed by atoms with Crippen LogP contribution in [-0.4, -0.2) is 12.6 Å². The number of aryl methyl sites for hydroxylation is 2. The van der Waals surface area contributed by atoms with Crippen molar-refractivity contribution in [2.75, 3.05) is 6.54 Å². The van der Waals surface area contributed by atoms with Crippen molar-refractivity contribution in [1.29, 1.82) is 0 Å². The van der Waals surface area contributed by atoms with Crippen LogP contribution < -0.4 is 5.32 Å². The van der Waals surface area contributed by atoms with Crippen LogP contribution in [0.5, 0.6) is 0 Å². The van der Waals surface area contributed by atoms with Crippen LogP contribution in [0, 0.1) is 6.92 Å². The average Bonchev–Trinajstić information content (AvgIpc) is 2.30. The quantitative estimate of drug-likeness (QED) is 0.796. The molecule has 1 atom stereocenters. The second kappa shape index (κ2) is 5.32. The molecule has 82 valence electrons. The fourth-order valence-electron chi connectivity index (χ4n) is 2.27. The summed E-state index contributed by atoms with van der Waals surface area (Å²) in [5.74, 6) is 0. The summed E-state index contributed by atoms with van der Waals surface area (Å²) in [6.07, 6.45) is 6.65. The van der Waals surface area contributed by atoms with Gasteiger partial charge in [0.2, 0.25) is 0 Å². The van der Waals surface area contributed by atoms with Gasteiger partial charge in [-0.25, -0.2) is 0 Å². The van der Waals surface area contributed by atoms with E-state index in [1.54, 1.807) is 0 Å². The smallest absolute Gasteiger partial charge is 0.00702 e. The number of benzene rings is 1. The van der Waals surface area contributed by atoms with Crippen molar-refractivity contribution in [2.24, 2.45) is 0 Å². The summed E-state index contributed by atoms with van der Waals surface area (Å²) in [5, 5.41) is 3.60. The van der Waals surface area contributed by atoms with E-state index in [1.807, 2.05) is 0 Å². The van der Waals surface area contributed by atoms with Crippen LogP contribution in [0.2, 0.25) is 0 Å². The Labute approximate surface area is 92.9 Å². The first-order valence-corrected chi connectivity index (χ1v) is 6.13. The largest absolute Gasteiger partial charge is 0.314 e. The summed E-state index contributed by atoms with van der Waals surface area (Å²) in [4.78, 5) is 0. The Morgan fingerprint density at radius 2 is 2.00 bits per heavy atom. The fraction of sp³-hybridized carbons (Fsp3) is 0.571. The van der Waals surface area contributed by atoms with Crippen molar-refractivity contribution in [1.82, 2.24) is 5.32 Å². The molecule has 1 N–H and O–H groups in total. The van der Waals surface area contributed by atoms with Crippen molar-refractivity contribution in [3.63, 3.8) is 0 Å². The monoisotopic (exact) mass is 203 g/mol. The molecule has 0 saturated carbocycles. The van der Waals surface area contributed by atoms with Gasteiger partial charge in [0, 0.05) is 6.04 Å². The predicted molar refractivity (Wildman–Crippen MR) is 65.1 cm³/mol. The van der Waals surface area contributed by atoms with E-state index >= 15 is 0 Å². The fourth-order valence-corrected chi connectivity index (χ4v) is 2.27. The zero-order chi connectivity index (χ0) is 10.5. The Morgan fingerprint density at radius 3 is 2.67 bits per heavy atom. The van der Waals surface area contributed by atoms with Gasteiger partial charge in [-0.15, -0.1) is 0 Å². The van der Waals surface area contributed by atoms with Gasteiger partial charge in [0.15, 0.2) is 0 Å². The molecule has 1 aliphatic heterocycles. The SMILES string of the molecule is Cc1ccc(CC[C@H]2CCCCN2)cc1. The molecule has 0 unspecified atom stereocenters. The molecule has 1 saturated heterocycles. The van der Waals surface area contributed by atoms with Crippen molar-refractivity contribution < 1.29 is 0 Å². The molecule has 0 aliphatic carbocycles. The van der Waals surface area contributed by atoms with Gasteiger partial charge in [0.1, 0.15) is 0 Å². The highest BCUT2D eigenvalue weighted by molar-refractivity contribution is 5.21. The van der Waals surface area contributed by atoms with Crippen LogP contribution in [0.4, 0.5) is 0 Å². The summed E-state index contributed by atoms with van der Waals surface area (Å²) in [7, 11) is 0. The van der Waals surface area contributed by atoms with Crippen molar-refractivity contribution in [2.45, 2.75) is 45.1 Å². The van der Waals surface area contributed by atoms with E-state index in [1.165, 1.54) is 49.8 Å². The molecule has 1 nitrogen and oxygen atoms in total. The van der Waals surface area contributed by atoms with Gasteiger partial charge in [-0.05, 0) is 44.7 Å². The van der Waals surface area contributed by atoms with Crippen molar-refractivity contribution >= 4 is 0 Å². The van der Waals surface area contributed by atoms with Gasteiger partial charge in [-0.3, -0.25) is 0 Å². The van der Waals surface area contributed by atoms with Crippen molar-refractivity contribution in [3.05, 3.63) is 35.4 Å². The molecule has 1 aliphatic rings. The number of hydrogen-bond acceptors (Lipinski definition) is 1. The average molecular weight is 203 g/mol. The zero-order valence-corrected chi connectivity index (χ0v) is 9.63. The summed E-state index contributed by atoms with van der Waals surface area (Å²) in [6, 6.07) is 9.71. The molecule has 0 radical (unpaired) electrons. The topological polar surface area (TPSA) is 12.0 Å². The lowest BCUT2D eigenvalue weighted by Gasteiger charge is -2.23. The lowest BCUT2D eigenvalue weighted by atomic mass is 9.98. The third-order valence-corrected chi connectivity index (χ3v) is 3.31. The highest BCUT2D eigenvalue weighted by Gasteiger charge is 2.11. The molecule has 0 aromatic heterocycles. The van der Waals surface area contributed by atoms with Crippen molar-refractivity contribution in [3.8, 4) is 0 Å². The number of hydrogen-bond donors (Lipinski definition) is 1. The Kier molecular flexibility index (Phi) is 3.79. The Morgan fingerprint density at radius 1 is 1.20 bits per heavy atom. The predicted octanol–water partition coefficient (Wildman–Crippen LogP) is 3.07. The molecule has 15 heavy (non-hydrogen) atoms. The summed E-state index contributed by atoms with van der Waals surface area (Å²) >= 11 is 0. The lowest BCUT2D eigenvalue weighted by Crippen LogP contribution is -2.34. The third-order valence-electron chi connectivity index (χ3n) is 3.31. The Hall–Kier alpha value is -0.820. The van der Waals surface area contributed by atoms with Gasteiger partial charge in [0.05, 0.1) is 0 Å². The van der Waals surface area contributed by atoms with Gasteiger partial charge >= 0.3 is 0 Å². The number of nitrogens with one attached hydrogen (secondary N) is 1. The molecule has 0 bridgehead atoms. The Bertz CT molecular complexity index is 283. The molecule has 1 fully saturated rings.